The summed E-state index contributed by atoms with van der Waals surface area (Å²) < 4.78 is 4.93. The molecule has 7 nitrogen and oxygen atoms in total. The highest BCUT2D eigenvalue weighted by atomic mass is 16.5. The minimum absolute atomic E-state index is 0.0218. The largest absolute Gasteiger partial charge is 0.504 e. The molecule has 0 radical (unpaired) electrons. The molecule has 1 aliphatic heterocycles. The lowest BCUT2D eigenvalue weighted by atomic mass is 10.1. The number of ether oxygens (including phenoxy) is 1. The van der Waals surface area contributed by atoms with Gasteiger partial charge in [-0.05, 0) is 31.0 Å². The molecule has 2 rings (SSSR count). The molecule has 0 aromatic heterocycles. The molecule has 1 amide bonds. The summed E-state index contributed by atoms with van der Waals surface area (Å²) >= 11 is 0. The average Bonchev–Trinajstić information content (AvgIpc) is 2.94. The van der Waals surface area contributed by atoms with Crippen LogP contribution in [0.2, 0.25) is 0 Å². The van der Waals surface area contributed by atoms with Crippen molar-refractivity contribution in [2.75, 3.05) is 13.7 Å². The van der Waals surface area contributed by atoms with Crippen LogP contribution in [0.5, 0.6) is 11.5 Å². The van der Waals surface area contributed by atoms with Gasteiger partial charge < -0.3 is 25.7 Å². The second-order valence-electron chi connectivity index (χ2n) is 4.57. The summed E-state index contributed by atoms with van der Waals surface area (Å²) in [5, 5.41) is 21.4. The van der Waals surface area contributed by atoms with Gasteiger partial charge >= 0.3 is 0 Å². The van der Waals surface area contributed by atoms with Crippen LogP contribution in [0.1, 0.15) is 23.2 Å². The van der Waals surface area contributed by atoms with Crippen LogP contribution in [-0.4, -0.2) is 46.7 Å². The first-order chi connectivity index (χ1) is 9.58. The van der Waals surface area contributed by atoms with E-state index in [2.05, 4.69) is 5.16 Å². The predicted octanol–water partition coefficient (Wildman–Crippen LogP) is 0.752. The maximum absolute atomic E-state index is 12.4. The summed E-state index contributed by atoms with van der Waals surface area (Å²) in [5.74, 6) is -0.0421. The molecule has 0 saturated carbocycles. The number of amidine groups is 1. The highest BCUT2D eigenvalue weighted by molar-refractivity contribution is 5.99. The summed E-state index contributed by atoms with van der Waals surface area (Å²) in [4.78, 5) is 13.9. The zero-order valence-corrected chi connectivity index (χ0v) is 11.1. The number of carbonyl (C=O) groups is 1. The number of hydrogen-bond acceptors (Lipinski definition) is 5. The van der Waals surface area contributed by atoms with E-state index in [4.69, 9.17) is 15.7 Å². The Bertz CT molecular complexity index is 544. The number of amides is 1. The van der Waals surface area contributed by atoms with Crippen LogP contribution >= 0.6 is 0 Å². The molecule has 1 aromatic rings. The van der Waals surface area contributed by atoms with Crippen molar-refractivity contribution >= 4 is 11.7 Å². The molecule has 108 valence electrons. The first-order valence-electron chi connectivity index (χ1n) is 6.24. The molecule has 7 heteroatoms. The van der Waals surface area contributed by atoms with Crippen LogP contribution in [0.15, 0.2) is 23.4 Å². The first kappa shape index (κ1) is 14.0. The molecule has 4 N–H and O–H groups in total. The quantitative estimate of drug-likeness (QED) is 0.327. The summed E-state index contributed by atoms with van der Waals surface area (Å²) in [5.41, 5.74) is 5.93. The topological polar surface area (TPSA) is 108 Å². The number of benzene rings is 1. The molecule has 1 heterocycles. The van der Waals surface area contributed by atoms with Crippen LogP contribution in [0, 0.1) is 0 Å². The summed E-state index contributed by atoms with van der Waals surface area (Å²) in [7, 11) is 1.44. The molecule has 1 aromatic carbocycles. The van der Waals surface area contributed by atoms with Crippen molar-refractivity contribution < 1.29 is 19.8 Å². The Kier molecular flexibility index (Phi) is 3.97. The number of phenols is 1. The van der Waals surface area contributed by atoms with Gasteiger partial charge in [0.2, 0.25) is 0 Å². The molecule has 1 aliphatic rings. The van der Waals surface area contributed by atoms with E-state index in [1.54, 1.807) is 6.07 Å². The Balaban J connectivity index is 2.24. The lowest BCUT2D eigenvalue weighted by Gasteiger charge is -2.23. The highest BCUT2D eigenvalue weighted by Gasteiger charge is 2.32. The van der Waals surface area contributed by atoms with E-state index in [9.17, 15) is 9.90 Å². The average molecular weight is 279 g/mol. The van der Waals surface area contributed by atoms with E-state index in [1.165, 1.54) is 24.1 Å². The number of nitrogens with zero attached hydrogens (tertiary/aromatic N) is 2. The maximum Gasteiger partial charge on any atom is 0.254 e. The van der Waals surface area contributed by atoms with E-state index in [0.717, 1.165) is 6.42 Å². The molecule has 1 saturated heterocycles. The third-order valence-electron chi connectivity index (χ3n) is 3.40. The van der Waals surface area contributed by atoms with Gasteiger partial charge in [0.1, 0.15) is 0 Å². The molecule has 20 heavy (non-hydrogen) atoms. The normalized spacial score (nSPS) is 19.1. The number of rotatable bonds is 3. The van der Waals surface area contributed by atoms with Gasteiger partial charge in [0.25, 0.3) is 5.91 Å². The van der Waals surface area contributed by atoms with Gasteiger partial charge in [-0.3, -0.25) is 4.79 Å². The van der Waals surface area contributed by atoms with Crippen molar-refractivity contribution in [2.24, 2.45) is 10.9 Å². The smallest absolute Gasteiger partial charge is 0.254 e. The number of oxime groups is 1. The molecule has 1 fully saturated rings. The molecule has 1 unspecified atom stereocenters. The number of likely N-dealkylation sites (tertiary alicyclic amines) is 1. The Morgan fingerprint density at radius 1 is 1.55 bits per heavy atom. The molecule has 0 spiro atoms. The maximum atomic E-state index is 12.4. The van der Waals surface area contributed by atoms with Crippen molar-refractivity contribution in [1.29, 1.82) is 0 Å². The summed E-state index contributed by atoms with van der Waals surface area (Å²) in [6.07, 6.45) is 1.44. The van der Waals surface area contributed by atoms with Crippen LogP contribution in [0.3, 0.4) is 0 Å². The number of phenolic OH excluding ortho intramolecular Hbond substituents is 1. The van der Waals surface area contributed by atoms with E-state index in [1.807, 2.05) is 0 Å². The number of nitrogens with two attached hydrogens (primary N) is 1. The van der Waals surface area contributed by atoms with Crippen LogP contribution in [0.25, 0.3) is 0 Å². The van der Waals surface area contributed by atoms with Crippen molar-refractivity contribution in [3.63, 3.8) is 0 Å². The fourth-order valence-electron chi connectivity index (χ4n) is 2.37. The van der Waals surface area contributed by atoms with Crippen LogP contribution in [0.4, 0.5) is 0 Å². The number of aromatic hydroxyl groups is 1. The fourth-order valence-corrected chi connectivity index (χ4v) is 2.37. The highest BCUT2D eigenvalue weighted by Crippen LogP contribution is 2.28. The lowest BCUT2D eigenvalue weighted by molar-refractivity contribution is 0.0767. The third kappa shape index (κ3) is 2.47. The molecule has 0 aliphatic carbocycles. The van der Waals surface area contributed by atoms with Crippen molar-refractivity contribution in [3.8, 4) is 11.5 Å². The second-order valence-corrected chi connectivity index (χ2v) is 4.57. The van der Waals surface area contributed by atoms with Crippen LogP contribution in [-0.2, 0) is 0 Å². The Labute approximate surface area is 116 Å². The third-order valence-corrected chi connectivity index (χ3v) is 3.40. The molecular formula is C13H17N3O4. The zero-order chi connectivity index (χ0) is 14.7. The van der Waals surface area contributed by atoms with Gasteiger partial charge in [-0.15, -0.1) is 0 Å². The zero-order valence-electron chi connectivity index (χ0n) is 11.1. The fraction of sp³-hybridized carbons (Fsp3) is 0.385. The summed E-state index contributed by atoms with van der Waals surface area (Å²) in [6, 6.07) is 4.04. The van der Waals surface area contributed by atoms with Gasteiger partial charge in [0.05, 0.1) is 13.2 Å². The number of hydrogen-bond donors (Lipinski definition) is 3. The van der Waals surface area contributed by atoms with Crippen LogP contribution < -0.4 is 10.5 Å². The van der Waals surface area contributed by atoms with Gasteiger partial charge in [0.15, 0.2) is 17.3 Å². The Hall–Kier alpha value is -2.44. The van der Waals surface area contributed by atoms with Crippen molar-refractivity contribution in [1.82, 2.24) is 4.90 Å². The minimum atomic E-state index is -0.406. The minimum Gasteiger partial charge on any atom is -0.504 e. The van der Waals surface area contributed by atoms with Gasteiger partial charge in [-0.1, -0.05) is 5.16 Å². The number of carbonyl (C=O) groups excluding carboxylic acids is 1. The SMILES string of the molecule is COc1ccc(C(=O)N2CCCC2C(N)=NO)cc1O. The van der Waals surface area contributed by atoms with E-state index >= 15 is 0 Å². The van der Waals surface area contributed by atoms with E-state index in [0.29, 0.717) is 24.3 Å². The molecular weight excluding hydrogens is 262 g/mol. The van der Waals surface area contributed by atoms with Crippen molar-refractivity contribution in [3.05, 3.63) is 23.8 Å². The molecule has 1 atom stereocenters. The monoisotopic (exact) mass is 279 g/mol. The molecule has 0 bridgehead atoms. The van der Waals surface area contributed by atoms with E-state index < -0.39 is 6.04 Å². The Morgan fingerprint density at radius 2 is 2.30 bits per heavy atom. The van der Waals surface area contributed by atoms with Gasteiger partial charge in [0, 0.05) is 12.1 Å². The summed E-state index contributed by atoms with van der Waals surface area (Å²) in [6.45, 7) is 0.534. The van der Waals surface area contributed by atoms with Gasteiger partial charge in [-0.2, -0.15) is 0 Å². The Morgan fingerprint density at radius 3 is 2.90 bits per heavy atom. The standard InChI is InChI=1S/C13H17N3O4/c1-20-11-5-4-8(7-10(11)17)13(18)16-6-2-3-9(16)12(14)15-19/h4-5,7,9,17,19H,2-3,6H2,1H3,(H2,14,15). The first-order valence-corrected chi connectivity index (χ1v) is 6.24. The van der Waals surface area contributed by atoms with E-state index in [-0.39, 0.29) is 17.5 Å². The van der Waals surface area contributed by atoms with Crippen molar-refractivity contribution in [2.45, 2.75) is 18.9 Å². The predicted molar refractivity (Wildman–Crippen MR) is 72.1 cm³/mol. The second kappa shape index (κ2) is 5.68. The number of methoxy groups -OCH3 is 1. The lowest BCUT2D eigenvalue weighted by Crippen LogP contribution is -2.43. The van der Waals surface area contributed by atoms with Gasteiger partial charge in [-0.25, -0.2) is 0 Å².